The Morgan fingerprint density at radius 2 is 1.81 bits per heavy atom. The van der Waals surface area contributed by atoms with E-state index in [4.69, 9.17) is 0 Å². The molecule has 1 fully saturated rings. The molecule has 140 valence electrons. The van der Waals surface area contributed by atoms with Gasteiger partial charge in [-0.05, 0) is 43.2 Å². The normalized spacial score (nSPS) is 20.8. The zero-order valence-corrected chi connectivity index (χ0v) is 14.6. The maximum Gasteiger partial charge on any atom is 0.435 e. The molecule has 1 aromatic heterocycles. The first-order valence-corrected chi connectivity index (χ1v) is 8.76. The topological polar surface area (TPSA) is 38.1 Å². The average Bonchev–Trinajstić information content (AvgIpc) is 3.11. The van der Waals surface area contributed by atoms with Crippen LogP contribution in [0.4, 0.5) is 13.2 Å². The van der Waals surface area contributed by atoms with Crippen LogP contribution in [0.2, 0.25) is 0 Å². The maximum atomic E-state index is 12.6. The van der Waals surface area contributed by atoms with Gasteiger partial charge in [-0.15, -0.1) is 0 Å². The Bertz CT molecular complexity index is 734. The first-order chi connectivity index (χ1) is 12.3. The van der Waals surface area contributed by atoms with Gasteiger partial charge in [0.15, 0.2) is 5.69 Å². The van der Waals surface area contributed by atoms with Crippen LogP contribution in [0.5, 0.6) is 0 Å². The summed E-state index contributed by atoms with van der Waals surface area (Å²) in [6.07, 6.45) is 0.513. The summed E-state index contributed by atoms with van der Waals surface area (Å²) in [6, 6.07) is 11.4. The monoisotopic (exact) mass is 365 g/mol. The van der Waals surface area contributed by atoms with Crippen molar-refractivity contribution < 1.29 is 18.0 Å². The minimum absolute atomic E-state index is 0.125. The van der Waals surface area contributed by atoms with Gasteiger partial charge in [0.1, 0.15) is 6.54 Å². The van der Waals surface area contributed by atoms with E-state index in [2.05, 4.69) is 17.2 Å². The van der Waals surface area contributed by atoms with Gasteiger partial charge >= 0.3 is 6.18 Å². The molecule has 4 nitrogen and oxygen atoms in total. The summed E-state index contributed by atoms with van der Waals surface area (Å²) in [5.41, 5.74) is 0.354. The third kappa shape index (κ3) is 4.26. The summed E-state index contributed by atoms with van der Waals surface area (Å²) in [5, 5.41) is 3.44. The van der Waals surface area contributed by atoms with E-state index >= 15 is 0 Å². The first-order valence-electron chi connectivity index (χ1n) is 8.76. The molecule has 0 unspecified atom stereocenters. The highest BCUT2D eigenvalue weighted by molar-refractivity contribution is 5.76. The second-order valence-corrected chi connectivity index (χ2v) is 6.82. The number of halogens is 3. The van der Waals surface area contributed by atoms with Gasteiger partial charge in [0, 0.05) is 19.3 Å². The van der Waals surface area contributed by atoms with Gasteiger partial charge in [-0.3, -0.25) is 9.48 Å². The number of alkyl halides is 3. The Kier molecular flexibility index (Phi) is 5.34. The molecule has 1 aliphatic carbocycles. The van der Waals surface area contributed by atoms with Crippen LogP contribution in [0.25, 0.3) is 0 Å². The summed E-state index contributed by atoms with van der Waals surface area (Å²) < 4.78 is 38.8. The molecule has 1 aromatic carbocycles. The van der Waals surface area contributed by atoms with Crippen molar-refractivity contribution in [2.75, 3.05) is 7.05 Å². The number of nitrogens with zero attached hydrogens (tertiary/aromatic N) is 3. The summed E-state index contributed by atoms with van der Waals surface area (Å²) in [6.45, 7) is -0.175. The second-order valence-electron chi connectivity index (χ2n) is 6.82. The van der Waals surface area contributed by atoms with Crippen LogP contribution in [0, 0.1) is 0 Å². The fourth-order valence-corrected chi connectivity index (χ4v) is 3.58. The van der Waals surface area contributed by atoms with Gasteiger partial charge < -0.3 is 4.90 Å². The lowest BCUT2D eigenvalue weighted by atomic mass is 9.81. The lowest BCUT2D eigenvalue weighted by Crippen LogP contribution is -2.41. The minimum Gasteiger partial charge on any atom is -0.341 e. The number of amides is 1. The third-order valence-electron chi connectivity index (χ3n) is 5.14. The Labute approximate surface area is 150 Å². The summed E-state index contributed by atoms with van der Waals surface area (Å²) in [4.78, 5) is 14.1. The molecule has 7 heteroatoms. The lowest BCUT2D eigenvalue weighted by molar-refractivity contribution is -0.142. The Hall–Kier alpha value is -2.31. The van der Waals surface area contributed by atoms with Crippen LogP contribution in [-0.2, 0) is 17.5 Å². The van der Waals surface area contributed by atoms with Crippen molar-refractivity contribution in [3.8, 4) is 0 Å². The Morgan fingerprint density at radius 1 is 1.15 bits per heavy atom. The van der Waals surface area contributed by atoms with Crippen LogP contribution in [0.3, 0.4) is 0 Å². The van der Waals surface area contributed by atoms with Crippen molar-refractivity contribution in [1.82, 2.24) is 14.7 Å². The largest absolute Gasteiger partial charge is 0.435 e. The van der Waals surface area contributed by atoms with E-state index in [0.717, 1.165) is 36.4 Å². The van der Waals surface area contributed by atoms with Crippen LogP contribution in [0.15, 0.2) is 42.6 Å². The molecule has 1 heterocycles. The Morgan fingerprint density at radius 3 is 2.38 bits per heavy atom. The molecule has 0 saturated heterocycles. The molecule has 1 saturated carbocycles. The molecule has 0 atom stereocenters. The molecule has 0 N–H and O–H groups in total. The molecule has 0 spiro atoms. The molecular weight excluding hydrogens is 343 g/mol. The smallest absolute Gasteiger partial charge is 0.341 e. The SMILES string of the molecule is CN(C(=O)Cn1ccc(C(F)(F)F)n1)C1CCC(c2ccccc2)CC1. The van der Waals surface area contributed by atoms with E-state index in [1.807, 2.05) is 18.2 Å². The van der Waals surface area contributed by atoms with Crippen molar-refractivity contribution in [3.05, 3.63) is 53.9 Å². The quantitative estimate of drug-likeness (QED) is 0.819. The predicted octanol–water partition coefficient (Wildman–Crippen LogP) is 4.09. The van der Waals surface area contributed by atoms with E-state index in [1.165, 1.54) is 11.8 Å². The average molecular weight is 365 g/mol. The number of aromatic nitrogens is 2. The van der Waals surface area contributed by atoms with Crippen LogP contribution >= 0.6 is 0 Å². The van der Waals surface area contributed by atoms with E-state index in [9.17, 15) is 18.0 Å². The fraction of sp³-hybridized carbons (Fsp3) is 0.474. The molecule has 0 radical (unpaired) electrons. The molecule has 1 aliphatic rings. The van der Waals surface area contributed by atoms with Crippen LogP contribution < -0.4 is 0 Å². The maximum absolute atomic E-state index is 12.6. The van der Waals surface area contributed by atoms with E-state index in [-0.39, 0.29) is 18.5 Å². The lowest BCUT2D eigenvalue weighted by Gasteiger charge is -2.35. The van der Waals surface area contributed by atoms with Crippen molar-refractivity contribution >= 4 is 5.91 Å². The standard InChI is InChI=1S/C19H22F3N3O/c1-24(18(26)13-25-12-11-17(23-25)19(20,21)22)16-9-7-15(8-10-16)14-5-3-2-4-6-14/h2-6,11-12,15-16H,7-10,13H2,1H3. The number of carbonyl (C=O) groups is 1. The third-order valence-corrected chi connectivity index (χ3v) is 5.14. The summed E-state index contributed by atoms with van der Waals surface area (Å²) in [5.74, 6) is 0.293. The number of hydrogen-bond acceptors (Lipinski definition) is 2. The Balaban J connectivity index is 1.54. The van der Waals surface area contributed by atoms with E-state index in [1.54, 1.807) is 11.9 Å². The zero-order chi connectivity index (χ0) is 18.7. The molecular formula is C19H22F3N3O. The molecule has 26 heavy (non-hydrogen) atoms. The van der Waals surface area contributed by atoms with Crippen LogP contribution in [0.1, 0.15) is 42.9 Å². The first kappa shape index (κ1) is 18.5. The predicted molar refractivity (Wildman–Crippen MR) is 91.4 cm³/mol. The van der Waals surface area contributed by atoms with Gasteiger partial charge in [-0.25, -0.2) is 0 Å². The molecule has 0 aliphatic heterocycles. The number of benzene rings is 1. The minimum atomic E-state index is -4.49. The zero-order valence-electron chi connectivity index (χ0n) is 14.6. The molecule has 3 rings (SSSR count). The van der Waals surface area contributed by atoms with Crippen molar-refractivity contribution in [1.29, 1.82) is 0 Å². The number of likely N-dealkylation sites (N-methyl/N-ethyl adjacent to an activating group) is 1. The van der Waals surface area contributed by atoms with Gasteiger partial charge in [-0.2, -0.15) is 18.3 Å². The summed E-state index contributed by atoms with van der Waals surface area (Å²) >= 11 is 0. The van der Waals surface area contributed by atoms with Gasteiger partial charge in [0.25, 0.3) is 0 Å². The van der Waals surface area contributed by atoms with Crippen molar-refractivity contribution in [3.63, 3.8) is 0 Å². The molecule has 2 aromatic rings. The number of carbonyl (C=O) groups excluding carboxylic acids is 1. The van der Waals surface area contributed by atoms with Crippen molar-refractivity contribution in [2.24, 2.45) is 0 Å². The van der Waals surface area contributed by atoms with Crippen LogP contribution in [-0.4, -0.2) is 33.7 Å². The fourth-order valence-electron chi connectivity index (χ4n) is 3.58. The molecule has 0 bridgehead atoms. The van der Waals surface area contributed by atoms with E-state index in [0.29, 0.717) is 5.92 Å². The van der Waals surface area contributed by atoms with Gasteiger partial charge in [-0.1, -0.05) is 30.3 Å². The second kappa shape index (κ2) is 7.51. The highest BCUT2D eigenvalue weighted by atomic mass is 19.4. The summed E-state index contributed by atoms with van der Waals surface area (Å²) in [7, 11) is 1.73. The van der Waals surface area contributed by atoms with Gasteiger partial charge in [0.05, 0.1) is 0 Å². The van der Waals surface area contributed by atoms with E-state index < -0.39 is 11.9 Å². The highest BCUT2D eigenvalue weighted by Crippen LogP contribution is 2.34. The number of rotatable bonds is 4. The number of hydrogen-bond donors (Lipinski definition) is 0. The van der Waals surface area contributed by atoms with Crippen molar-refractivity contribution in [2.45, 2.75) is 50.4 Å². The van der Waals surface area contributed by atoms with Gasteiger partial charge in [0.2, 0.25) is 5.91 Å². The molecule has 1 amide bonds. The highest BCUT2D eigenvalue weighted by Gasteiger charge is 2.34.